The van der Waals surface area contributed by atoms with Gasteiger partial charge in [-0.1, -0.05) is 284 Å². The first-order valence-electron chi connectivity index (χ1n) is 26.6. The second kappa shape index (κ2) is 52.6. The largest absolute Gasteiger partial charge is 1.00 e. The fourth-order valence-electron chi connectivity index (χ4n) is 8.91. The number of rotatable bonds is 50. The summed E-state index contributed by atoms with van der Waals surface area (Å²) in [4.78, 5) is 13.7. The number of carboxylic acids is 1. The van der Waals surface area contributed by atoms with Crippen LogP contribution in [0, 0.1) is 0 Å². The Bertz CT molecular complexity index is 684. The number of hydrogen-bond acceptors (Lipinski definition) is 3. The van der Waals surface area contributed by atoms with Crippen LogP contribution in [0.1, 0.15) is 316 Å². The molecule has 0 spiro atoms. The first-order valence-corrected chi connectivity index (χ1v) is 26.6. The molecule has 0 aromatic heterocycles. The first kappa shape index (κ1) is 59.5. The number of aliphatic carboxylic acids is 1. The van der Waals surface area contributed by atoms with Crippen LogP contribution in [0.3, 0.4) is 0 Å². The summed E-state index contributed by atoms with van der Waals surface area (Å²) in [6, 6.07) is 0.345. The Morgan fingerprint density at radius 3 is 0.702 bits per heavy atom. The molecule has 0 rings (SSSR count). The summed E-state index contributed by atoms with van der Waals surface area (Å²) in [5.74, 6) is -0.898. The van der Waals surface area contributed by atoms with Crippen molar-refractivity contribution < 1.29 is 39.5 Å². The monoisotopic (exact) mass is 812 g/mol. The molecule has 57 heavy (non-hydrogen) atoms. The van der Waals surface area contributed by atoms with Crippen LogP contribution in [-0.4, -0.2) is 30.0 Å². The van der Waals surface area contributed by atoms with Gasteiger partial charge in [0.2, 0.25) is 0 Å². The number of nitrogens with zero attached hydrogens (tertiary/aromatic N) is 1. The van der Waals surface area contributed by atoms with Crippen LogP contribution in [0.25, 0.3) is 0 Å². The minimum atomic E-state index is -0.898. The van der Waals surface area contributed by atoms with Crippen LogP contribution >= 0.6 is 0 Å². The van der Waals surface area contributed by atoms with Crippen molar-refractivity contribution >= 4 is 5.97 Å². The molecule has 0 N–H and O–H groups in total. The molecule has 0 aromatic rings. The third-order valence-electron chi connectivity index (χ3n) is 13.0. The Balaban J connectivity index is 0. The van der Waals surface area contributed by atoms with E-state index in [4.69, 9.17) is 0 Å². The number of carbonyl (C=O) groups is 1. The zero-order valence-corrected chi connectivity index (χ0v) is 42.3. The average molecular weight is 812 g/mol. The van der Waals surface area contributed by atoms with Gasteiger partial charge in [-0.3, -0.25) is 0 Å². The Labute approximate surface area is 383 Å². The fraction of sp³-hybridized carbons (Fsp3) is 0.981. The van der Waals surface area contributed by atoms with Crippen molar-refractivity contribution in [2.45, 2.75) is 322 Å². The molecule has 0 aliphatic carbocycles. The topological polar surface area (TPSA) is 43.4 Å². The van der Waals surface area contributed by atoms with Crippen LogP contribution in [0.5, 0.6) is 0 Å². The predicted octanol–water partition coefficient (Wildman–Crippen LogP) is 14.4. The molecule has 0 fully saturated rings. The number of unbranched alkanes of at least 4 members (excludes halogenated alkanes) is 42. The number of carboxylic acid groups (broad SMARTS) is 1. The van der Waals surface area contributed by atoms with Crippen molar-refractivity contribution in [2.75, 3.05) is 13.1 Å². The Kier molecular flexibility index (Phi) is 54.9. The zero-order valence-electron chi connectivity index (χ0n) is 40.3. The van der Waals surface area contributed by atoms with Crippen molar-refractivity contribution in [1.29, 1.82) is 0 Å². The maximum absolute atomic E-state index is 11.1. The van der Waals surface area contributed by atoms with Gasteiger partial charge in [-0.25, -0.2) is 0 Å². The first-order chi connectivity index (χ1) is 27.6. The number of carbonyl (C=O) groups excluding carboxylic acids is 1. The van der Waals surface area contributed by atoms with Gasteiger partial charge in [0.25, 0.3) is 0 Å². The second-order valence-corrected chi connectivity index (χ2v) is 18.6. The molecule has 0 aromatic carbocycles. The molecule has 0 radical (unpaired) electrons. The van der Waals surface area contributed by atoms with E-state index in [1.54, 1.807) is 0 Å². The molecule has 336 valence electrons. The van der Waals surface area contributed by atoms with Gasteiger partial charge in [-0.15, -0.1) is 0 Å². The SMILES string of the molecule is CCCCCCCCCCCCCCCCCCCCCCCCN(CCCCCCCCCCCCCCCCCCCCCCCC)C(C)CCC(=O)[O-].[Na+]. The predicted molar refractivity (Wildman–Crippen MR) is 250 cm³/mol. The normalized spacial score (nSPS) is 12.1. The maximum atomic E-state index is 11.1. The molecule has 1 atom stereocenters. The maximum Gasteiger partial charge on any atom is 1.00 e. The molecule has 4 heteroatoms. The van der Waals surface area contributed by atoms with Crippen molar-refractivity contribution in [3.8, 4) is 0 Å². The molecule has 1 unspecified atom stereocenters. The van der Waals surface area contributed by atoms with Gasteiger partial charge in [-0.2, -0.15) is 0 Å². The van der Waals surface area contributed by atoms with Crippen molar-refractivity contribution in [2.24, 2.45) is 0 Å². The molecular formula is C53H106NNaO2. The van der Waals surface area contributed by atoms with Gasteiger partial charge >= 0.3 is 29.6 Å². The van der Waals surface area contributed by atoms with Gasteiger partial charge in [0.1, 0.15) is 0 Å². The van der Waals surface area contributed by atoms with E-state index in [9.17, 15) is 9.90 Å². The third kappa shape index (κ3) is 50.7. The molecule has 0 aliphatic rings. The van der Waals surface area contributed by atoms with E-state index in [0.717, 1.165) is 19.5 Å². The average Bonchev–Trinajstić information content (AvgIpc) is 3.19. The molecule has 3 nitrogen and oxygen atoms in total. The van der Waals surface area contributed by atoms with Crippen LogP contribution in [-0.2, 0) is 4.79 Å². The van der Waals surface area contributed by atoms with Crippen LogP contribution in [0.2, 0.25) is 0 Å². The number of hydrogen-bond donors (Lipinski definition) is 0. The standard InChI is InChI=1S/C53H107NO2.Na/c1-4-6-8-10-12-14-16-18-20-22-24-26-28-30-32-34-36-38-40-42-44-46-50-54(52(3)48-49-53(55)56)51-47-45-43-41-39-37-35-33-31-29-27-25-23-21-19-17-15-13-11-9-7-5-2;/h52H,4-51H2,1-3H3,(H,55,56);/q;+1/p-1. The van der Waals surface area contributed by atoms with Gasteiger partial charge in [0.15, 0.2) is 0 Å². The van der Waals surface area contributed by atoms with Crippen LogP contribution in [0.4, 0.5) is 0 Å². The Morgan fingerprint density at radius 2 is 0.526 bits per heavy atom. The molecule has 0 heterocycles. The van der Waals surface area contributed by atoms with Gasteiger partial charge in [0, 0.05) is 12.0 Å². The zero-order chi connectivity index (χ0) is 40.7. The van der Waals surface area contributed by atoms with E-state index in [-0.39, 0.29) is 36.0 Å². The summed E-state index contributed by atoms with van der Waals surface area (Å²) in [5, 5.41) is 11.1. The summed E-state index contributed by atoms with van der Waals surface area (Å²) in [7, 11) is 0. The fourth-order valence-corrected chi connectivity index (χ4v) is 8.91. The molecule has 0 saturated heterocycles. The smallest absolute Gasteiger partial charge is 0.550 e. The summed E-state index contributed by atoms with van der Waals surface area (Å²) in [6.45, 7) is 9.10. The van der Waals surface area contributed by atoms with E-state index < -0.39 is 5.97 Å². The van der Waals surface area contributed by atoms with Crippen LogP contribution in [0.15, 0.2) is 0 Å². The van der Waals surface area contributed by atoms with E-state index >= 15 is 0 Å². The summed E-state index contributed by atoms with van der Waals surface area (Å²) in [6.07, 6.45) is 63.6. The van der Waals surface area contributed by atoms with E-state index in [2.05, 4.69) is 25.7 Å². The Morgan fingerprint density at radius 1 is 0.351 bits per heavy atom. The third-order valence-corrected chi connectivity index (χ3v) is 13.0. The van der Waals surface area contributed by atoms with Gasteiger partial charge in [0.05, 0.1) is 0 Å². The minimum absolute atomic E-state index is 0. The van der Waals surface area contributed by atoms with Gasteiger partial charge in [-0.05, 0) is 45.7 Å². The molecule has 0 amide bonds. The molecular weight excluding hydrogens is 706 g/mol. The summed E-state index contributed by atoms with van der Waals surface area (Å²) < 4.78 is 0. The van der Waals surface area contributed by atoms with Crippen molar-refractivity contribution in [3.63, 3.8) is 0 Å². The van der Waals surface area contributed by atoms with Crippen LogP contribution < -0.4 is 34.7 Å². The molecule has 0 aliphatic heterocycles. The van der Waals surface area contributed by atoms with Crippen molar-refractivity contribution in [3.05, 3.63) is 0 Å². The van der Waals surface area contributed by atoms with Gasteiger partial charge < -0.3 is 14.8 Å². The van der Waals surface area contributed by atoms with E-state index in [0.29, 0.717) is 6.04 Å². The summed E-state index contributed by atoms with van der Waals surface area (Å²) >= 11 is 0. The van der Waals surface area contributed by atoms with Crippen molar-refractivity contribution in [1.82, 2.24) is 4.90 Å². The Hall–Kier alpha value is 0.430. The molecule has 0 saturated carbocycles. The van der Waals surface area contributed by atoms with E-state index in [1.165, 1.54) is 283 Å². The minimum Gasteiger partial charge on any atom is -0.550 e. The summed E-state index contributed by atoms with van der Waals surface area (Å²) in [5.41, 5.74) is 0. The quantitative estimate of drug-likeness (QED) is 0.0454. The second-order valence-electron chi connectivity index (χ2n) is 18.6. The molecule has 0 bridgehead atoms. The van der Waals surface area contributed by atoms with E-state index in [1.807, 2.05) is 0 Å².